The van der Waals surface area contributed by atoms with Gasteiger partial charge in [-0.1, -0.05) is 24.3 Å². The average Bonchev–Trinajstić information content (AvgIpc) is 2.75. The zero-order valence-electron chi connectivity index (χ0n) is 15.9. The molecule has 6 nitrogen and oxygen atoms in total. The predicted molar refractivity (Wildman–Crippen MR) is 111 cm³/mol. The number of carbonyl (C=O) groups is 2. The number of allylic oxidation sites excluding steroid dienone is 4. The van der Waals surface area contributed by atoms with Crippen LogP contribution in [0.3, 0.4) is 0 Å². The van der Waals surface area contributed by atoms with E-state index in [1.54, 1.807) is 36.7 Å². The number of hydrogen-bond donors (Lipinski definition) is 2. The molecule has 1 aromatic rings. The molecule has 1 aromatic carbocycles. The van der Waals surface area contributed by atoms with E-state index in [0.717, 1.165) is 38.5 Å². The van der Waals surface area contributed by atoms with Gasteiger partial charge < -0.3 is 0 Å². The van der Waals surface area contributed by atoms with Crippen LogP contribution in [0.2, 0.25) is 0 Å². The number of benzene rings is 1. The highest BCUT2D eigenvalue weighted by molar-refractivity contribution is 5.98. The van der Waals surface area contributed by atoms with E-state index in [1.807, 2.05) is 0 Å². The van der Waals surface area contributed by atoms with Gasteiger partial charge in [0.15, 0.2) is 0 Å². The molecule has 0 spiro atoms. The van der Waals surface area contributed by atoms with E-state index in [2.05, 4.69) is 45.4 Å². The number of amides is 2. The topological polar surface area (TPSA) is 82.9 Å². The second kappa shape index (κ2) is 10.3. The Morgan fingerprint density at radius 1 is 0.750 bits per heavy atom. The van der Waals surface area contributed by atoms with Crippen LogP contribution in [0.15, 0.2) is 58.8 Å². The monoisotopic (exact) mass is 378 g/mol. The Labute approximate surface area is 165 Å². The fourth-order valence-electron chi connectivity index (χ4n) is 3.21. The Hall–Kier alpha value is -3.02. The van der Waals surface area contributed by atoms with Gasteiger partial charge in [0.2, 0.25) is 0 Å². The second-order valence-electron chi connectivity index (χ2n) is 7.10. The van der Waals surface area contributed by atoms with Crippen molar-refractivity contribution in [2.75, 3.05) is 0 Å². The minimum Gasteiger partial charge on any atom is -0.267 e. The first-order chi connectivity index (χ1) is 13.7. The van der Waals surface area contributed by atoms with Crippen molar-refractivity contribution in [1.82, 2.24) is 10.9 Å². The molecule has 28 heavy (non-hydrogen) atoms. The van der Waals surface area contributed by atoms with Gasteiger partial charge in [0.25, 0.3) is 11.8 Å². The molecule has 6 heteroatoms. The van der Waals surface area contributed by atoms with Crippen LogP contribution in [-0.4, -0.2) is 24.2 Å². The van der Waals surface area contributed by atoms with Crippen molar-refractivity contribution >= 4 is 24.2 Å². The molecule has 0 saturated carbocycles. The molecule has 146 valence electrons. The lowest BCUT2D eigenvalue weighted by molar-refractivity contribution is 0.0943. The predicted octanol–water partition coefficient (Wildman–Crippen LogP) is 3.83. The Morgan fingerprint density at radius 3 is 1.54 bits per heavy atom. The zero-order valence-corrected chi connectivity index (χ0v) is 15.9. The summed E-state index contributed by atoms with van der Waals surface area (Å²) < 4.78 is 0. The molecule has 2 aliphatic rings. The Bertz CT molecular complexity index is 726. The molecule has 0 fully saturated rings. The van der Waals surface area contributed by atoms with E-state index in [9.17, 15) is 9.59 Å². The minimum atomic E-state index is -0.294. The summed E-state index contributed by atoms with van der Waals surface area (Å²) in [5.41, 5.74) is 5.99. The first-order valence-corrected chi connectivity index (χ1v) is 9.79. The lowest BCUT2D eigenvalue weighted by Crippen LogP contribution is -2.20. The van der Waals surface area contributed by atoms with Crippen molar-refractivity contribution in [3.05, 3.63) is 59.7 Å². The van der Waals surface area contributed by atoms with Gasteiger partial charge >= 0.3 is 0 Å². The molecule has 0 bridgehead atoms. The van der Waals surface area contributed by atoms with E-state index >= 15 is 0 Å². The molecule has 2 unspecified atom stereocenters. The van der Waals surface area contributed by atoms with Crippen molar-refractivity contribution in [2.45, 2.75) is 38.5 Å². The molecular weight excluding hydrogens is 352 g/mol. The molecular formula is C22H26N4O2. The normalized spacial score (nSPS) is 21.9. The van der Waals surface area contributed by atoms with E-state index in [-0.39, 0.29) is 11.8 Å². The molecule has 0 radical (unpaired) electrons. The van der Waals surface area contributed by atoms with Crippen LogP contribution < -0.4 is 10.9 Å². The fourth-order valence-corrected chi connectivity index (χ4v) is 3.21. The highest BCUT2D eigenvalue weighted by Crippen LogP contribution is 2.16. The van der Waals surface area contributed by atoms with Crippen molar-refractivity contribution in [2.24, 2.45) is 22.0 Å². The summed E-state index contributed by atoms with van der Waals surface area (Å²) in [6, 6.07) is 6.44. The number of hydrazone groups is 2. The van der Waals surface area contributed by atoms with Crippen LogP contribution in [0.1, 0.15) is 59.2 Å². The van der Waals surface area contributed by atoms with E-state index < -0.39 is 0 Å². The van der Waals surface area contributed by atoms with Gasteiger partial charge in [-0.25, -0.2) is 10.9 Å². The van der Waals surface area contributed by atoms with Gasteiger partial charge in [-0.15, -0.1) is 0 Å². The summed E-state index contributed by atoms with van der Waals surface area (Å²) in [6.07, 6.45) is 18.3. The van der Waals surface area contributed by atoms with Crippen molar-refractivity contribution in [3.63, 3.8) is 0 Å². The first kappa shape index (κ1) is 19.7. The summed E-state index contributed by atoms with van der Waals surface area (Å²) in [7, 11) is 0. The molecule has 0 aliphatic heterocycles. The smallest absolute Gasteiger partial charge is 0.267 e. The van der Waals surface area contributed by atoms with Crippen LogP contribution >= 0.6 is 0 Å². The summed E-state index contributed by atoms with van der Waals surface area (Å²) in [5, 5.41) is 8.10. The summed E-state index contributed by atoms with van der Waals surface area (Å²) >= 11 is 0. The largest absolute Gasteiger partial charge is 0.271 e. The van der Waals surface area contributed by atoms with Gasteiger partial charge in [0.1, 0.15) is 0 Å². The third-order valence-electron chi connectivity index (χ3n) is 4.93. The maximum Gasteiger partial charge on any atom is 0.271 e. The molecule has 2 N–H and O–H groups in total. The first-order valence-electron chi connectivity index (χ1n) is 9.79. The van der Waals surface area contributed by atoms with Gasteiger partial charge in [0, 0.05) is 23.6 Å². The molecule has 0 aromatic heterocycles. The molecule has 2 aliphatic carbocycles. The van der Waals surface area contributed by atoms with Gasteiger partial charge in [0.05, 0.1) is 0 Å². The molecule has 3 rings (SSSR count). The summed E-state index contributed by atoms with van der Waals surface area (Å²) in [4.78, 5) is 24.3. The maximum atomic E-state index is 12.1. The second-order valence-corrected chi connectivity index (χ2v) is 7.10. The number of nitrogens with one attached hydrogen (secondary N) is 2. The minimum absolute atomic E-state index is 0.294. The lowest BCUT2D eigenvalue weighted by atomic mass is 9.96. The standard InChI is InChI=1S/C22H26N4O2/c27-21(25-23-15-17-7-3-1-4-8-17)19-11-13-20(14-12-19)22(28)26-24-16-18-9-5-2-6-10-18/h1-3,5,11-18H,4,6-10H2,(H,25,27)(H,26,28)/b23-15+,24-16+. The van der Waals surface area contributed by atoms with E-state index in [0.29, 0.717) is 23.0 Å². The fraction of sp³-hybridized carbons (Fsp3) is 0.364. The highest BCUT2D eigenvalue weighted by atomic mass is 16.2. The van der Waals surface area contributed by atoms with Gasteiger partial charge in [-0.3, -0.25) is 9.59 Å². The van der Waals surface area contributed by atoms with Crippen LogP contribution in [0, 0.1) is 11.8 Å². The highest BCUT2D eigenvalue weighted by Gasteiger charge is 2.10. The number of hydrogen-bond acceptors (Lipinski definition) is 4. The summed E-state index contributed by atoms with van der Waals surface area (Å²) in [5.74, 6) is 0.166. The molecule has 0 saturated heterocycles. The SMILES string of the molecule is O=C(N/N=C/C1CC=CCC1)c1ccc(C(=O)N/N=C/C2CC=CCC2)cc1. The third kappa shape index (κ3) is 6.01. The Morgan fingerprint density at radius 2 is 1.18 bits per heavy atom. The number of nitrogens with zero attached hydrogens (tertiary/aromatic N) is 2. The molecule has 2 amide bonds. The quantitative estimate of drug-likeness (QED) is 0.448. The molecule has 2 atom stereocenters. The van der Waals surface area contributed by atoms with Crippen LogP contribution in [-0.2, 0) is 0 Å². The van der Waals surface area contributed by atoms with E-state index in [1.165, 1.54) is 0 Å². The van der Waals surface area contributed by atoms with Gasteiger partial charge in [-0.2, -0.15) is 10.2 Å². The van der Waals surface area contributed by atoms with Crippen molar-refractivity contribution in [3.8, 4) is 0 Å². The third-order valence-corrected chi connectivity index (χ3v) is 4.93. The number of carbonyl (C=O) groups excluding carboxylic acids is 2. The van der Waals surface area contributed by atoms with E-state index in [4.69, 9.17) is 0 Å². The number of rotatable bonds is 6. The molecule has 0 heterocycles. The summed E-state index contributed by atoms with van der Waals surface area (Å²) in [6.45, 7) is 0. The van der Waals surface area contributed by atoms with Crippen LogP contribution in [0.25, 0.3) is 0 Å². The van der Waals surface area contributed by atoms with Gasteiger partial charge in [-0.05, 0) is 74.6 Å². The Kier molecular flexibility index (Phi) is 7.29. The van der Waals surface area contributed by atoms with Crippen molar-refractivity contribution < 1.29 is 9.59 Å². The zero-order chi connectivity index (χ0) is 19.6. The lowest BCUT2D eigenvalue weighted by Gasteiger charge is -2.12. The Balaban J connectivity index is 1.46. The van der Waals surface area contributed by atoms with Crippen molar-refractivity contribution in [1.29, 1.82) is 0 Å². The maximum absolute atomic E-state index is 12.1. The average molecular weight is 378 g/mol. The van der Waals surface area contributed by atoms with Crippen LogP contribution in [0.4, 0.5) is 0 Å². The van der Waals surface area contributed by atoms with Crippen LogP contribution in [0.5, 0.6) is 0 Å².